The highest BCUT2D eigenvalue weighted by atomic mass is 16.4. The van der Waals surface area contributed by atoms with E-state index in [1.807, 2.05) is 0 Å². The summed E-state index contributed by atoms with van der Waals surface area (Å²) < 4.78 is 0. The number of nitrogens with one attached hydrogen (secondary N) is 2. The fourth-order valence-electron chi connectivity index (χ4n) is 2.79. The number of aromatic nitrogens is 2. The van der Waals surface area contributed by atoms with E-state index >= 15 is 0 Å². The van der Waals surface area contributed by atoms with Gasteiger partial charge in [-0.2, -0.15) is 4.98 Å². The molecule has 1 aromatic rings. The third-order valence-corrected chi connectivity index (χ3v) is 3.94. The first kappa shape index (κ1) is 15.2. The van der Waals surface area contributed by atoms with Crippen molar-refractivity contribution in [3.8, 4) is 0 Å². The van der Waals surface area contributed by atoms with Gasteiger partial charge in [0.1, 0.15) is 0 Å². The zero-order chi connectivity index (χ0) is 15.6. The van der Waals surface area contributed by atoms with Gasteiger partial charge in [-0.3, -0.25) is 9.59 Å². The van der Waals surface area contributed by atoms with Gasteiger partial charge in [0.15, 0.2) is 0 Å². The molecule has 2 atom stereocenters. The molecule has 1 aliphatic rings. The summed E-state index contributed by atoms with van der Waals surface area (Å²) in [5.74, 6) is -1.34. The van der Waals surface area contributed by atoms with Crippen LogP contribution in [0.25, 0.3) is 0 Å². The van der Waals surface area contributed by atoms with Gasteiger partial charge in [-0.25, -0.2) is 4.79 Å². The van der Waals surface area contributed by atoms with Gasteiger partial charge >= 0.3 is 11.7 Å². The molecule has 0 bridgehead atoms. The molecule has 1 aliphatic carbocycles. The second-order valence-electron chi connectivity index (χ2n) is 5.52. The summed E-state index contributed by atoms with van der Waals surface area (Å²) in [6.45, 7) is 3.43. The molecule has 2 rings (SSSR count). The maximum atomic E-state index is 12.1. The van der Waals surface area contributed by atoms with E-state index in [2.05, 4.69) is 15.3 Å². The van der Waals surface area contributed by atoms with Crippen LogP contribution in [0.5, 0.6) is 0 Å². The number of H-pyrrole nitrogens is 1. The summed E-state index contributed by atoms with van der Waals surface area (Å²) in [4.78, 5) is 40.5. The Kier molecular flexibility index (Phi) is 4.40. The van der Waals surface area contributed by atoms with Crippen LogP contribution in [0.4, 0.5) is 0 Å². The average Bonchev–Trinajstić information content (AvgIpc) is 2.82. The van der Waals surface area contributed by atoms with Gasteiger partial charge in [0.2, 0.25) is 5.91 Å². The number of aromatic amines is 1. The van der Waals surface area contributed by atoms with Crippen LogP contribution in [0.2, 0.25) is 0 Å². The minimum Gasteiger partial charge on any atom is -0.481 e. The lowest BCUT2D eigenvalue weighted by Gasteiger charge is -2.14. The first-order chi connectivity index (χ1) is 9.86. The van der Waals surface area contributed by atoms with Gasteiger partial charge in [0, 0.05) is 23.0 Å². The number of amides is 1. The van der Waals surface area contributed by atoms with Crippen molar-refractivity contribution in [1.29, 1.82) is 0 Å². The lowest BCUT2D eigenvalue weighted by atomic mass is 10.1. The zero-order valence-corrected chi connectivity index (χ0v) is 12.1. The normalized spacial score (nSPS) is 21.2. The molecule has 7 nitrogen and oxygen atoms in total. The van der Waals surface area contributed by atoms with Crippen LogP contribution in [0, 0.1) is 19.8 Å². The fraction of sp³-hybridized carbons (Fsp3) is 0.571. The zero-order valence-electron chi connectivity index (χ0n) is 12.1. The van der Waals surface area contributed by atoms with Crippen molar-refractivity contribution in [2.24, 2.45) is 5.92 Å². The number of carbonyl (C=O) groups excluding carboxylic acids is 1. The fourth-order valence-corrected chi connectivity index (χ4v) is 2.79. The Morgan fingerprint density at radius 2 is 2.10 bits per heavy atom. The van der Waals surface area contributed by atoms with Crippen LogP contribution >= 0.6 is 0 Å². The number of hydrogen-bond acceptors (Lipinski definition) is 4. The summed E-state index contributed by atoms with van der Waals surface area (Å²) in [6.07, 6.45) is 1.89. The van der Waals surface area contributed by atoms with E-state index in [0.29, 0.717) is 36.2 Å². The third-order valence-electron chi connectivity index (χ3n) is 3.94. The Balaban J connectivity index is 1.97. The molecule has 0 aliphatic heterocycles. The molecule has 1 amide bonds. The first-order valence-corrected chi connectivity index (χ1v) is 6.95. The minimum atomic E-state index is -0.803. The van der Waals surface area contributed by atoms with Crippen LogP contribution in [-0.4, -0.2) is 33.0 Å². The number of nitrogens with zero attached hydrogens (tertiary/aromatic N) is 1. The number of carbonyl (C=O) groups is 2. The topological polar surface area (TPSA) is 112 Å². The summed E-state index contributed by atoms with van der Waals surface area (Å²) in [7, 11) is 0. The van der Waals surface area contributed by atoms with Crippen molar-refractivity contribution in [2.75, 3.05) is 0 Å². The summed E-state index contributed by atoms with van der Waals surface area (Å²) in [6, 6.07) is -0.0880. The molecule has 7 heteroatoms. The van der Waals surface area contributed by atoms with Gasteiger partial charge in [0.05, 0.1) is 12.3 Å². The molecule has 1 saturated carbocycles. The number of aliphatic carboxylic acids is 1. The quantitative estimate of drug-likeness (QED) is 0.739. The molecule has 0 saturated heterocycles. The molecule has 0 radical (unpaired) electrons. The highest BCUT2D eigenvalue weighted by molar-refractivity contribution is 5.79. The Morgan fingerprint density at radius 1 is 1.38 bits per heavy atom. The second kappa shape index (κ2) is 6.07. The molecule has 0 aromatic carbocycles. The van der Waals surface area contributed by atoms with E-state index in [0.717, 1.165) is 0 Å². The Hall–Kier alpha value is -2.18. The Morgan fingerprint density at radius 3 is 2.67 bits per heavy atom. The highest BCUT2D eigenvalue weighted by Gasteiger charge is 2.30. The van der Waals surface area contributed by atoms with Gasteiger partial charge in [-0.1, -0.05) is 0 Å². The molecule has 0 spiro atoms. The van der Waals surface area contributed by atoms with E-state index in [9.17, 15) is 14.4 Å². The number of carboxylic acid groups (broad SMARTS) is 1. The molecular formula is C14H19N3O4. The monoisotopic (exact) mass is 293 g/mol. The molecule has 21 heavy (non-hydrogen) atoms. The smallest absolute Gasteiger partial charge is 0.345 e. The number of hydrogen-bond donors (Lipinski definition) is 3. The van der Waals surface area contributed by atoms with Gasteiger partial charge in [-0.05, 0) is 33.1 Å². The maximum Gasteiger partial charge on any atom is 0.345 e. The van der Waals surface area contributed by atoms with Crippen molar-refractivity contribution in [1.82, 2.24) is 15.3 Å². The average molecular weight is 293 g/mol. The lowest BCUT2D eigenvalue weighted by molar-refractivity contribution is -0.141. The van der Waals surface area contributed by atoms with Crippen LogP contribution in [0.1, 0.15) is 36.2 Å². The van der Waals surface area contributed by atoms with Crippen molar-refractivity contribution >= 4 is 11.9 Å². The highest BCUT2D eigenvalue weighted by Crippen LogP contribution is 2.25. The van der Waals surface area contributed by atoms with Gasteiger partial charge in [0.25, 0.3) is 0 Å². The standard InChI is InChI=1S/C14H19N3O4/c1-7-11(8(2)16-14(21)15-7)6-12(18)17-10-4-3-9(5-10)13(19)20/h9-10H,3-6H2,1-2H3,(H,17,18)(H,19,20)(H,15,16,21)/t9-,10+/m1/s1. The summed E-state index contributed by atoms with van der Waals surface area (Å²) in [5, 5.41) is 11.8. The van der Waals surface area contributed by atoms with Crippen molar-refractivity contribution in [3.05, 3.63) is 27.4 Å². The predicted octanol–water partition coefficient (Wildman–Crippen LogP) is 0.299. The lowest BCUT2D eigenvalue weighted by Crippen LogP contribution is -2.35. The van der Waals surface area contributed by atoms with E-state index in [-0.39, 0.29) is 24.3 Å². The Bertz CT molecular complexity index is 597. The van der Waals surface area contributed by atoms with Crippen LogP contribution < -0.4 is 11.0 Å². The van der Waals surface area contributed by atoms with Crippen molar-refractivity contribution < 1.29 is 14.7 Å². The van der Waals surface area contributed by atoms with E-state index in [4.69, 9.17) is 5.11 Å². The van der Waals surface area contributed by atoms with Crippen LogP contribution in [-0.2, 0) is 16.0 Å². The van der Waals surface area contributed by atoms with E-state index < -0.39 is 11.7 Å². The SMILES string of the molecule is Cc1nc(=O)[nH]c(C)c1CC(=O)N[C@H]1CC[C@@H](C(=O)O)C1. The molecule has 1 fully saturated rings. The number of rotatable bonds is 4. The Labute approximate surface area is 121 Å². The van der Waals surface area contributed by atoms with Gasteiger partial charge < -0.3 is 15.4 Å². The van der Waals surface area contributed by atoms with Crippen LogP contribution in [0.3, 0.4) is 0 Å². The minimum absolute atomic E-state index is 0.0880. The largest absolute Gasteiger partial charge is 0.481 e. The second-order valence-corrected chi connectivity index (χ2v) is 5.52. The molecule has 1 heterocycles. The first-order valence-electron chi connectivity index (χ1n) is 6.95. The van der Waals surface area contributed by atoms with Crippen molar-refractivity contribution in [3.63, 3.8) is 0 Å². The molecule has 114 valence electrons. The van der Waals surface area contributed by atoms with Crippen LogP contribution in [0.15, 0.2) is 4.79 Å². The van der Waals surface area contributed by atoms with E-state index in [1.54, 1.807) is 13.8 Å². The maximum absolute atomic E-state index is 12.1. The predicted molar refractivity (Wildman–Crippen MR) is 74.9 cm³/mol. The molecular weight excluding hydrogens is 274 g/mol. The number of aryl methyl sites for hydroxylation is 2. The molecule has 1 aromatic heterocycles. The van der Waals surface area contributed by atoms with Crippen molar-refractivity contribution in [2.45, 2.75) is 45.6 Å². The van der Waals surface area contributed by atoms with E-state index in [1.165, 1.54) is 0 Å². The van der Waals surface area contributed by atoms with Gasteiger partial charge in [-0.15, -0.1) is 0 Å². The molecule has 3 N–H and O–H groups in total. The molecule has 0 unspecified atom stereocenters. The summed E-state index contributed by atoms with van der Waals surface area (Å²) >= 11 is 0. The third kappa shape index (κ3) is 3.68. The summed E-state index contributed by atoms with van der Waals surface area (Å²) in [5.41, 5.74) is 1.47. The number of carboxylic acids is 1.